The van der Waals surface area contributed by atoms with E-state index in [1.54, 1.807) is 4.90 Å². The number of nitrogens with zero attached hydrogens (tertiary/aromatic N) is 4. The van der Waals surface area contributed by atoms with E-state index in [0.29, 0.717) is 12.1 Å². The lowest BCUT2D eigenvalue weighted by atomic mass is 10.1. The molecule has 0 aliphatic carbocycles. The number of ether oxygens (including phenoxy) is 1. The van der Waals surface area contributed by atoms with Crippen LogP contribution in [-0.4, -0.2) is 74.1 Å². The summed E-state index contributed by atoms with van der Waals surface area (Å²) in [5, 5.41) is 0. The molecule has 0 N–H and O–H groups in total. The van der Waals surface area contributed by atoms with Crippen LogP contribution in [0.15, 0.2) is 48.8 Å². The summed E-state index contributed by atoms with van der Waals surface area (Å²) in [6, 6.07) is 11.6. The zero-order chi connectivity index (χ0) is 19.9. The van der Waals surface area contributed by atoms with Gasteiger partial charge in [0.05, 0.1) is 0 Å². The number of carbonyl (C=O) groups excluding carboxylic acids is 1. The molecule has 0 atom stereocenters. The Hall–Kier alpha value is -2.60. The van der Waals surface area contributed by atoms with Crippen molar-refractivity contribution in [3.63, 3.8) is 0 Å². The standard InChI is InChI=1S/C22H30N4O2/c1-24(2)15-16-25(3)22(27)18-5-4-6-21(17-18)28-20-9-13-26(14-10-20)19-7-11-23-12-8-19/h4-8,11-12,17,20H,9-10,13-16H2,1-3H3. The van der Waals surface area contributed by atoms with E-state index in [0.717, 1.165) is 38.2 Å². The van der Waals surface area contributed by atoms with Gasteiger partial charge in [-0.05, 0) is 44.4 Å². The quantitative estimate of drug-likeness (QED) is 0.737. The summed E-state index contributed by atoms with van der Waals surface area (Å²) in [7, 11) is 5.85. The molecule has 6 heteroatoms. The Kier molecular flexibility index (Phi) is 6.87. The monoisotopic (exact) mass is 382 g/mol. The molecule has 0 spiro atoms. The number of aromatic nitrogens is 1. The second-order valence-corrected chi connectivity index (χ2v) is 7.57. The molecule has 150 valence electrons. The lowest BCUT2D eigenvalue weighted by Crippen LogP contribution is -2.38. The first-order valence-corrected chi connectivity index (χ1v) is 9.85. The summed E-state index contributed by atoms with van der Waals surface area (Å²) in [5.41, 5.74) is 1.88. The van der Waals surface area contributed by atoms with Crippen molar-refractivity contribution in [1.82, 2.24) is 14.8 Å². The Morgan fingerprint density at radius 2 is 1.82 bits per heavy atom. The van der Waals surface area contributed by atoms with E-state index in [9.17, 15) is 4.79 Å². The van der Waals surface area contributed by atoms with Gasteiger partial charge in [-0.3, -0.25) is 9.78 Å². The highest BCUT2D eigenvalue weighted by Gasteiger charge is 2.21. The van der Waals surface area contributed by atoms with Crippen LogP contribution in [0.25, 0.3) is 0 Å². The van der Waals surface area contributed by atoms with Crippen molar-refractivity contribution < 1.29 is 9.53 Å². The van der Waals surface area contributed by atoms with Crippen LogP contribution in [0.3, 0.4) is 0 Å². The van der Waals surface area contributed by atoms with Gasteiger partial charge in [-0.15, -0.1) is 0 Å². The van der Waals surface area contributed by atoms with Gasteiger partial charge in [0, 0.05) is 69.7 Å². The summed E-state index contributed by atoms with van der Waals surface area (Å²) in [6.07, 6.45) is 5.76. The number of hydrogen-bond acceptors (Lipinski definition) is 5. The second-order valence-electron chi connectivity index (χ2n) is 7.57. The zero-order valence-corrected chi connectivity index (χ0v) is 17.0. The van der Waals surface area contributed by atoms with Crippen molar-refractivity contribution in [2.75, 3.05) is 52.2 Å². The minimum atomic E-state index is 0.0276. The molecule has 1 aliphatic rings. The third kappa shape index (κ3) is 5.45. The molecule has 1 aromatic carbocycles. The van der Waals surface area contributed by atoms with Gasteiger partial charge in [0.15, 0.2) is 0 Å². The Bertz CT molecular complexity index is 758. The third-order valence-corrected chi connectivity index (χ3v) is 5.08. The summed E-state index contributed by atoms with van der Waals surface area (Å²) in [5.74, 6) is 0.800. The fraction of sp³-hybridized carbons (Fsp3) is 0.455. The first-order chi connectivity index (χ1) is 13.5. The van der Waals surface area contributed by atoms with E-state index in [1.807, 2.05) is 69.9 Å². The molecular formula is C22H30N4O2. The van der Waals surface area contributed by atoms with Gasteiger partial charge in [-0.25, -0.2) is 0 Å². The number of benzene rings is 1. The Morgan fingerprint density at radius 3 is 2.50 bits per heavy atom. The molecule has 0 bridgehead atoms. The summed E-state index contributed by atoms with van der Waals surface area (Å²) in [6.45, 7) is 3.46. The van der Waals surface area contributed by atoms with Crippen molar-refractivity contribution >= 4 is 11.6 Å². The average molecular weight is 383 g/mol. The molecule has 1 saturated heterocycles. The van der Waals surface area contributed by atoms with Crippen LogP contribution in [-0.2, 0) is 0 Å². The zero-order valence-electron chi connectivity index (χ0n) is 17.0. The normalized spacial score (nSPS) is 14.9. The fourth-order valence-electron chi connectivity index (χ4n) is 3.35. The fourth-order valence-corrected chi connectivity index (χ4v) is 3.35. The molecule has 6 nitrogen and oxygen atoms in total. The molecule has 28 heavy (non-hydrogen) atoms. The van der Waals surface area contributed by atoms with Crippen LogP contribution in [0.2, 0.25) is 0 Å². The van der Waals surface area contributed by atoms with Crippen LogP contribution in [0, 0.1) is 0 Å². The molecule has 0 saturated carbocycles. The topological polar surface area (TPSA) is 48.9 Å². The molecule has 3 rings (SSSR count). The molecule has 1 aliphatic heterocycles. The highest BCUT2D eigenvalue weighted by atomic mass is 16.5. The van der Waals surface area contributed by atoms with Gasteiger partial charge < -0.3 is 19.4 Å². The summed E-state index contributed by atoms with van der Waals surface area (Å²) in [4.78, 5) is 22.9. The van der Waals surface area contributed by atoms with E-state index < -0.39 is 0 Å². The van der Waals surface area contributed by atoms with Gasteiger partial charge in [0.25, 0.3) is 5.91 Å². The van der Waals surface area contributed by atoms with Crippen LogP contribution in [0.4, 0.5) is 5.69 Å². The van der Waals surface area contributed by atoms with Crippen LogP contribution >= 0.6 is 0 Å². The van der Waals surface area contributed by atoms with Gasteiger partial charge in [-0.2, -0.15) is 0 Å². The Labute approximate surface area is 167 Å². The molecule has 1 amide bonds. The Morgan fingerprint density at radius 1 is 1.11 bits per heavy atom. The predicted octanol–water partition coefficient (Wildman–Crippen LogP) is 2.76. The maximum absolute atomic E-state index is 12.6. The summed E-state index contributed by atoms with van der Waals surface area (Å²) >= 11 is 0. The highest BCUT2D eigenvalue weighted by Crippen LogP contribution is 2.23. The number of carbonyl (C=O) groups is 1. The molecule has 2 aromatic rings. The van der Waals surface area contributed by atoms with Crippen LogP contribution in [0.1, 0.15) is 23.2 Å². The predicted molar refractivity (Wildman–Crippen MR) is 112 cm³/mol. The van der Waals surface area contributed by atoms with Gasteiger partial charge in [0.1, 0.15) is 11.9 Å². The van der Waals surface area contributed by atoms with E-state index in [4.69, 9.17) is 4.74 Å². The largest absolute Gasteiger partial charge is 0.490 e. The van der Waals surface area contributed by atoms with Crippen molar-refractivity contribution in [1.29, 1.82) is 0 Å². The maximum atomic E-state index is 12.6. The number of piperidine rings is 1. The maximum Gasteiger partial charge on any atom is 0.253 e. The van der Waals surface area contributed by atoms with Crippen molar-refractivity contribution in [2.45, 2.75) is 18.9 Å². The van der Waals surface area contributed by atoms with E-state index in [2.05, 4.69) is 14.8 Å². The molecule has 0 unspecified atom stereocenters. The minimum absolute atomic E-state index is 0.0276. The molecule has 1 aromatic heterocycles. The van der Waals surface area contributed by atoms with E-state index in [1.165, 1.54) is 5.69 Å². The number of amides is 1. The lowest BCUT2D eigenvalue weighted by molar-refractivity contribution is 0.0785. The lowest BCUT2D eigenvalue weighted by Gasteiger charge is -2.33. The van der Waals surface area contributed by atoms with Crippen molar-refractivity contribution in [3.8, 4) is 5.75 Å². The number of rotatable bonds is 7. The number of hydrogen-bond donors (Lipinski definition) is 0. The summed E-state index contributed by atoms with van der Waals surface area (Å²) < 4.78 is 6.19. The number of likely N-dealkylation sites (N-methyl/N-ethyl adjacent to an activating group) is 2. The average Bonchev–Trinajstić information content (AvgIpc) is 2.73. The number of anilines is 1. The highest BCUT2D eigenvalue weighted by molar-refractivity contribution is 5.94. The first-order valence-electron chi connectivity index (χ1n) is 9.85. The van der Waals surface area contributed by atoms with Gasteiger partial charge in [-0.1, -0.05) is 6.07 Å². The SMILES string of the molecule is CN(C)CCN(C)C(=O)c1cccc(OC2CCN(c3ccncc3)CC2)c1. The van der Waals surface area contributed by atoms with E-state index >= 15 is 0 Å². The van der Waals surface area contributed by atoms with E-state index in [-0.39, 0.29) is 12.0 Å². The van der Waals surface area contributed by atoms with Crippen LogP contribution < -0.4 is 9.64 Å². The molecule has 1 fully saturated rings. The Balaban J connectivity index is 1.54. The molecule has 0 radical (unpaired) electrons. The number of pyridine rings is 1. The smallest absolute Gasteiger partial charge is 0.253 e. The second kappa shape index (κ2) is 9.55. The third-order valence-electron chi connectivity index (χ3n) is 5.08. The van der Waals surface area contributed by atoms with Crippen molar-refractivity contribution in [2.24, 2.45) is 0 Å². The van der Waals surface area contributed by atoms with Crippen molar-refractivity contribution in [3.05, 3.63) is 54.4 Å². The first kappa shape index (κ1) is 20.1. The van der Waals surface area contributed by atoms with Gasteiger partial charge >= 0.3 is 0 Å². The van der Waals surface area contributed by atoms with Crippen LogP contribution in [0.5, 0.6) is 5.75 Å². The van der Waals surface area contributed by atoms with Gasteiger partial charge in [0.2, 0.25) is 0 Å². The molecule has 2 heterocycles. The minimum Gasteiger partial charge on any atom is -0.490 e. The molecular weight excluding hydrogens is 352 g/mol.